The molecule has 1 aliphatic carbocycles. The van der Waals surface area contributed by atoms with E-state index in [-0.39, 0.29) is 5.91 Å². The minimum absolute atomic E-state index is 0.0585. The van der Waals surface area contributed by atoms with E-state index >= 15 is 0 Å². The Balaban J connectivity index is 2.13. The van der Waals surface area contributed by atoms with Gasteiger partial charge in [-0.05, 0) is 25.0 Å². The van der Waals surface area contributed by atoms with E-state index < -0.39 is 0 Å². The number of nitrogen functional groups attached to an aromatic ring is 1. The average molecular weight is 230 g/mol. The first kappa shape index (κ1) is 11.4. The Hall–Kier alpha value is -2.09. The lowest BCUT2D eigenvalue weighted by Crippen LogP contribution is -2.34. The first-order chi connectivity index (χ1) is 8.22. The quantitative estimate of drug-likeness (QED) is 0.841. The van der Waals surface area contributed by atoms with Crippen molar-refractivity contribution in [3.05, 3.63) is 23.9 Å². The van der Waals surface area contributed by atoms with Gasteiger partial charge in [-0.2, -0.15) is 5.26 Å². The second-order valence-electron chi connectivity index (χ2n) is 4.11. The Labute approximate surface area is 99.9 Å². The summed E-state index contributed by atoms with van der Waals surface area (Å²) >= 11 is 0. The van der Waals surface area contributed by atoms with E-state index in [0.29, 0.717) is 30.4 Å². The predicted octanol–water partition coefficient (Wildman–Crippen LogP) is 1.18. The van der Waals surface area contributed by atoms with Crippen molar-refractivity contribution >= 4 is 11.7 Å². The van der Waals surface area contributed by atoms with Gasteiger partial charge in [0, 0.05) is 24.3 Å². The molecule has 1 saturated carbocycles. The van der Waals surface area contributed by atoms with Crippen LogP contribution in [0.2, 0.25) is 0 Å². The van der Waals surface area contributed by atoms with E-state index in [4.69, 9.17) is 11.0 Å². The summed E-state index contributed by atoms with van der Waals surface area (Å²) in [6.45, 7) is 0.488. The van der Waals surface area contributed by atoms with Crippen LogP contribution in [0.3, 0.4) is 0 Å². The van der Waals surface area contributed by atoms with Gasteiger partial charge < -0.3 is 10.6 Å². The minimum Gasteiger partial charge on any atom is -0.384 e. The highest BCUT2D eigenvalue weighted by atomic mass is 16.2. The first-order valence-corrected chi connectivity index (χ1v) is 5.62. The molecule has 1 aliphatic rings. The topological polar surface area (TPSA) is 83.0 Å². The van der Waals surface area contributed by atoms with Gasteiger partial charge in [-0.25, -0.2) is 4.98 Å². The van der Waals surface area contributed by atoms with Crippen molar-refractivity contribution in [2.75, 3.05) is 12.3 Å². The molecule has 5 heteroatoms. The Kier molecular flexibility index (Phi) is 3.24. The maximum absolute atomic E-state index is 12.2. The number of amides is 1. The standard InChI is InChI=1S/C12H14N4O/c13-5-1-7-16(10-2-3-10)12(17)9-4-6-15-11(14)8-9/h4,6,8,10H,1-3,7H2,(H2,14,15). The lowest BCUT2D eigenvalue weighted by atomic mass is 10.2. The summed E-state index contributed by atoms with van der Waals surface area (Å²) in [6.07, 6.45) is 3.94. The molecule has 0 saturated heterocycles. The third-order valence-electron chi connectivity index (χ3n) is 2.74. The molecular formula is C12H14N4O. The van der Waals surface area contributed by atoms with Crippen LogP contribution in [-0.4, -0.2) is 28.4 Å². The zero-order valence-corrected chi connectivity index (χ0v) is 9.47. The molecule has 1 aromatic heterocycles. The largest absolute Gasteiger partial charge is 0.384 e. The van der Waals surface area contributed by atoms with Gasteiger partial charge in [-0.15, -0.1) is 0 Å². The Morgan fingerprint density at radius 3 is 3.00 bits per heavy atom. The average Bonchev–Trinajstić information content (AvgIpc) is 3.14. The Bertz CT molecular complexity index is 462. The molecule has 0 radical (unpaired) electrons. The third kappa shape index (κ3) is 2.72. The highest BCUT2D eigenvalue weighted by Crippen LogP contribution is 2.28. The molecule has 17 heavy (non-hydrogen) atoms. The van der Waals surface area contributed by atoms with Crippen LogP contribution >= 0.6 is 0 Å². The zero-order valence-electron chi connectivity index (χ0n) is 9.47. The molecule has 1 fully saturated rings. The summed E-state index contributed by atoms with van der Waals surface area (Å²) in [7, 11) is 0. The van der Waals surface area contributed by atoms with E-state index in [1.807, 2.05) is 0 Å². The van der Waals surface area contributed by atoms with Crippen molar-refractivity contribution in [2.24, 2.45) is 0 Å². The van der Waals surface area contributed by atoms with Crippen molar-refractivity contribution in [1.29, 1.82) is 5.26 Å². The minimum atomic E-state index is -0.0585. The van der Waals surface area contributed by atoms with Gasteiger partial charge >= 0.3 is 0 Å². The number of hydrogen-bond donors (Lipinski definition) is 1. The Morgan fingerprint density at radius 1 is 1.65 bits per heavy atom. The molecular weight excluding hydrogens is 216 g/mol. The number of nitriles is 1. The molecule has 1 aromatic rings. The van der Waals surface area contributed by atoms with Gasteiger partial charge in [0.05, 0.1) is 12.5 Å². The predicted molar refractivity (Wildman–Crippen MR) is 62.9 cm³/mol. The SMILES string of the molecule is N#CCCN(C(=O)c1ccnc(N)c1)C1CC1. The molecule has 88 valence electrons. The van der Waals surface area contributed by atoms with Gasteiger partial charge in [-0.1, -0.05) is 0 Å². The number of pyridine rings is 1. The van der Waals surface area contributed by atoms with Gasteiger partial charge in [-0.3, -0.25) is 4.79 Å². The van der Waals surface area contributed by atoms with Crippen molar-refractivity contribution < 1.29 is 4.79 Å². The van der Waals surface area contributed by atoms with Crippen LogP contribution in [0.1, 0.15) is 29.6 Å². The Morgan fingerprint density at radius 2 is 2.41 bits per heavy atom. The molecule has 0 unspecified atom stereocenters. The fourth-order valence-electron chi connectivity index (χ4n) is 1.75. The molecule has 1 amide bonds. The van der Waals surface area contributed by atoms with E-state index in [9.17, 15) is 4.79 Å². The summed E-state index contributed by atoms with van der Waals surface area (Å²) < 4.78 is 0. The van der Waals surface area contributed by atoms with E-state index in [0.717, 1.165) is 12.8 Å². The smallest absolute Gasteiger partial charge is 0.254 e. The van der Waals surface area contributed by atoms with Crippen LogP contribution in [0, 0.1) is 11.3 Å². The summed E-state index contributed by atoms with van der Waals surface area (Å²) in [5.74, 6) is 0.281. The molecule has 0 bridgehead atoms. The van der Waals surface area contributed by atoms with E-state index in [1.165, 1.54) is 6.20 Å². The number of aromatic nitrogens is 1. The second-order valence-corrected chi connectivity index (χ2v) is 4.11. The number of nitrogens with zero attached hydrogens (tertiary/aromatic N) is 3. The van der Waals surface area contributed by atoms with Crippen LogP contribution in [0.5, 0.6) is 0 Å². The molecule has 0 atom stereocenters. The first-order valence-electron chi connectivity index (χ1n) is 5.62. The van der Waals surface area contributed by atoms with E-state index in [1.54, 1.807) is 17.0 Å². The number of anilines is 1. The normalized spacial score (nSPS) is 14.1. The number of carbonyl (C=O) groups excluding carboxylic acids is 1. The molecule has 0 aliphatic heterocycles. The van der Waals surface area contributed by atoms with E-state index in [2.05, 4.69) is 11.1 Å². The van der Waals surface area contributed by atoms with Crippen LogP contribution in [0.15, 0.2) is 18.3 Å². The van der Waals surface area contributed by atoms with Gasteiger partial charge in [0.1, 0.15) is 5.82 Å². The van der Waals surface area contributed by atoms with Crippen molar-refractivity contribution in [3.63, 3.8) is 0 Å². The third-order valence-corrected chi connectivity index (χ3v) is 2.74. The van der Waals surface area contributed by atoms with Gasteiger partial charge in [0.15, 0.2) is 0 Å². The molecule has 1 heterocycles. The number of hydrogen-bond acceptors (Lipinski definition) is 4. The number of carbonyl (C=O) groups is 1. The molecule has 0 aromatic carbocycles. The lowest BCUT2D eigenvalue weighted by molar-refractivity contribution is 0.0747. The molecule has 0 spiro atoms. The highest BCUT2D eigenvalue weighted by Gasteiger charge is 2.32. The summed E-state index contributed by atoms with van der Waals surface area (Å²) in [5, 5.41) is 8.60. The molecule has 2 rings (SSSR count). The van der Waals surface area contributed by atoms with Crippen molar-refractivity contribution in [2.45, 2.75) is 25.3 Å². The summed E-state index contributed by atoms with van der Waals surface area (Å²) in [4.78, 5) is 17.8. The van der Waals surface area contributed by atoms with Gasteiger partial charge in [0.2, 0.25) is 0 Å². The number of nitrogens with two attached hydrogens (primary N) is 1. The maximum Gasteiger partial charge on any atom is 0.254 e. The van der Waals surface area contributed by atoms with Crippen LogP contribution < -0.4 is 5.73 Å². The van der Waals surface area contributed by atoms with Crippen LogP contribution in [0.4, 0.5) is 5.82 Å². The monoisotopic (exact) mass is 230 g/mol. The fourth-order valence-corrected chi connectivity index (χ4v) is 1.75. The molecule has 2 N–H and O–H groups in total. The highest BCUT2D eigenvalue weighted by molar-refractivity contribution is 5.95. The second kappa shape index (κ2) is 4.83. The number of rotatable bonds is 4. The summed E-state index contributed by atoms with van der Waals surface area (Å²) in [5.41, 5.74) is 6.10. The van der Waals surface area contributed by atoms with Crippen LogP contribution in [-0.2, 0) is 0 Å². The van der Waals surface area contributed by atoms with Crippen molar-refractivity contribution in [3.8, 4) is 6.07 Å². The summed E-state index contributed by atoms with van der Waals surface area (Å²) in [6, 6.07) is 5.59. The fraction of sp³-hybridized carbons (Fsp3) is 0.417. The zero-order chi connectivity index (χ0) is 12.3. The maximum atomic E-state index is 12.2. The van der Waals surface area contributed by atoms with Crippen molar-refractivity contribution in [1.82, 2.24) is 9.88 Å². The lowest BCUT2D eigenvalue weighted by Gasteiger charge is -2.21. The van der Waals surface area contributed by atoms with Gasteiger partial charge in [0.25, 0.3) is 5.91 Å². The molecule has 5 nitrogen and oxygen atoms in total. The van der Waals surface area contributed by atoms with Crippen LogP contribution in [0.25, 0.3) is 0 Å².